The molecule has 0 aliphatic carbocycles. The summed E-state index contributed by atoms with van der Waals surface area (Å²) in [5, 5.41) is 0. The first-order valence-electron chi connectivity index (χ1n) is 5.97. The summed E-state index contributed by atoms with van der Waals surface area (Å²) in [7, 11) is -0.723. The van der Waals surface area contributed by atoms with Gasteiger partial charge in [0.15, 0.2) is 0 Å². The van der Waals surface area contributed by atoms with E-state index in [4.69, 9.17) is 9.47 Å². The molecule has 0 amide bonds. The van der Waals surface area contributed by atoms with E-state index in [0.29, 0.717) is 21.7 Å². The largest absolute Gasteiger partial charge is 0.497 e. The second-order valence-corrected chi connectivity index (χ2v) is 6.61. The lowest BCUT2D eigenvalue weighted by molar-refractivity contribution is 0.395. The summed E-state index contributed by atoms with van der Waals surface area (Å²) >= 11 is 3.23. The number of halogens is 1. The summed E-state index contributed by atoms with van der Waals surface area (Å²) in [5.41, 5.74) is 0.342. The summed E-state index contributed by atoms with van der Waals surface area (Å²) in [4.78, 5) is 0.155. The van der Waals surface area contributed by atoms with E-state index in [9.17, 15) is 8.42 Å². The van der Waals surface area contributed by atoms with E-state index in [1.165, 1.54) is 20.3 Å². The molecule has 2 aromatic rings. The molecule has 0 spiro atoms. The first-order valence-corrected chi connectivity index (χ1v) is 8.25. The normalized spacial score (nSPS) is 11.0. The summed E-state index contributed by atoms with van der Waals surface area (Å²) < 4.78 is 38.1. The predicted molar refractivity (Wildman–Crippen MR) is 84.5 cm³/mol. The first kappa shape index (κ1) is 15.7. The van der Waals surface area contributed by atoms with Crippen LogP contribution in [0.25, 0.3) is 0 Å². The Kier molecular flexibility index (Phi) is 4.74. The van der Waals surface area contributed by atoms with Crippen LogP contribution in [0.3, 0.4) is 0 Å². The van der Waals surface area contributed by atoms with Crippen LogP contribution in [-0.4, -0.2) is 22.6 Å². The van der Waals surface area contributed by atoms with Gasteiger partial charge >= 0.3 is 0 Å². The van der Waals surface area contributed by atoms with E-state index in [0.717, 1.165) is 0 Å². The van der Waals surface area contributed by atoms with Gasteiger partial charge in [0.05, 0.1) is 19.9 Å². The van der Waals surface area contributed by atoms with Crippen LogP contribution in [0, 0.1) is 0 Å². The molecule has 0 radical (unpaired) electrons. The maximum Gasteiger partial charge on any atom is 0.263 e. The molecule has 0 aliphatic rings. The molecule has 1 N–H and O–H groups in total. The molecule has 0 fully saturated rings. The van der Waals surface area contributed by atoms with Crippen LogP contribution < -0.4 is 14.2 Å². The second kappa shape index (κ2) is 6.36. The van der Waals surface area contributed by atoms with Crippen LogP contribution in [-0.2, 0) is 10.0 Å². The van der Waals surface area contributed by atoms with Crippen molar-refractivity contribution in [3.63, 3.8) is 0 Å². The Hall–Kier alpha value is -1.73. The summed E-state index contributed by atoms with van der Waals surface area (Å²) in [5.74, 6) is 0.959. The van der Waals surface area contributed by atoms with E-state index >= 15 is 0 Å². The highest BCUT2D eigenvalue weighted by molar-refractivity contribution is 9.10. The van der Waals surface area contributed by atoms with Crippen molar-refractivity contribution in [1.29, 1.82) is 0 Å². The standard InChI is InChI=1S/C14H14BrNO4S/c1-19-10-7-8-12(13(9-10)20-2)16-21(17,18)14-6-4-3-5-11(14)15/h3-9,16H,1-2H3. The van der Waals surface area contributed by atoms with Gasteiger partial charge in [-0.1, -0.05) is 12.1 Å². The van der Waals surface area contributed by atoms with Crippen molar-refractivity contribution >= 4 is 31.6 Å². The molecule has 0 aromatic heterocycles. The van der Waals surface area contributed by atoms with Gasteiger partial charge in [-0.2, -0.15) is 0 Å². The van der Waals surface area contributed by atoms with Gasteiger partial charge in [-0.25, -0.2) is 8.42 Å². The topological polar surface area (TPSA) is 64.6 Å². The Labute approximate surface area is 132 Å². The second-order valence-electron chi connectivity index (χ2n) is 4.10. The Morgan fingerprint density at radius 3 is 2.38 bits per heavy atom. The minimum Gasteiger partial charge on any atom is -0.497 e. The molecule has 2 aromatic carbocycles. The van der Waals surface area contributed by atoms with Crippen molar-refractivity contribution in [3.05, 3.63) is 46.9 Å². The molecular formula is C14H14BrNO4S. The number of nitrogens with one attached hydrogen (secondary N) is 1. The van der Waals surface area contributed by atoms with Gasteiger partial charge in [-0.05, 0) is 40.2 Å². The van der Waals surface area contributed by atoms with Gasteiger partial charge in [0, 0.05) is 10.5 Å². The molecule has 0 aliphatic heterocycles. The van der Waals surface area contributed by atoms with Gasteiger partial charge in [0.2, 0.25) is 0 Å². The van der Waals surface area contributed by atoms with Gasteiger partial charge in [-0.15, -0.1) is 0 Å². The molecule has 0 saturated heterocycles. The van der Waals surface area contributed by atoms with E-state index in [1.807, 2.05) is 0 Å². The van der Waals surface area contributed by atoms with Crippen LogP contribution in [0.15, 0.2) is 51.8 Å². The van der Waals surface area contributed by atoms with Crippen LogP contribution in [0.1, 0.15) is 0 Å². The third kappa shape index (κ3) is 3.48. The number of benzene rings is 2. The van der Waals surface area contributed by atoms with Crippen molar-refractivity contribution in [2.45, 2.75) is 4.90 Å². The fourth-order valence-electron chi connectivity index (χ4n) is 1.75. The molecule has 2 rings (SSSR count). The molecule has 21 heavy (non-hydrogen) atoms. The average molecular weight is 372 g/mol. The summed E-state index contributed by atoms with van der Waals surface area (Å²) in [6.45, 7) is 0. The maximum atomic E-state index is 12.4. The lowest BCUT2D eigenvalue weighted by atomic mass is 10.3. The zero-order valence-electron chi connectivity index (χ0n) is 11.5. The molecular weight excluding hydrogens is 358 g/mol. The number of methoxy groups -OCH3 is 2. The monoisotopic (exact) mass is 371 g/mol. The first-order chi connectivity index (χ1) is 9.97. The van der Waals surface area contributed by atoms with Crippen molar-refractivity contribution < 1.29 is 17.9 Å². The van der Waals surface area contributed by atoms with Crippen molar-refractivity contribution in [1.82, 2.24) is 0 Å². The minimum absolute atomic E-state index is 0.155. The Bertz CT molecular complexity index is 746. The Morgan fingerprint density at radius 2 is 1.76 bits per heavy atom. The highest BCUT2D eigenvalue weighted by Gasteiger charge is 2.19. The molecule has 0 unspecified atom stereocenters. The lowest BCUT2D eigenvalue weighted by Gasteiger charge is -2.13. The molecule has 7 heteroatoms. The van der Waals surface area contributed by atoms with Crippen LogP contribution in [0.4, 0.5) is 5.69 Å². The quantitative estimate of drug-likeness (QED) is 0.875. The molecule has 0 saturated carbocycles. The molecule has 112 valence electrons. The highest BCUT2D eigenvalue weighted by Crippen LogP contribution is 2.32. The van der Waals surface area contributed by atoms with E-state index in [1.54, 1.807) is 36.4 Å². The molecule has 0 heterocycles. The fraction of sp³-hybridized carbons (Fsp3) is 0.143. The van der Waals surface area contributed by atoms with Crippen molar-refractivity contribution in [2.75, 3.05) is 18.9 Å². The zero-order valence-corrected chi connectivity index (χ0v) is 13.9. The number of rotatable bonds is 5. The van der Waals surface area contributed by atoms with Crippen LogP contribution >= 0.6 is 15.9 Å². The number of anilines is 1. The Morgan fingerprint density at radius 1 is 1.05 bits per heavy atom. The van der Waals surface area contributed by atoms with E-state index < -0.39 is 10.0 Å². The average Bonchev–Trinajstić information content (AvgIpc) is 2.47. The molecule has 0 atom stereocenters. The zero-order chi connectivity index (χ0) is 15.5. The third-order valence-electron chi connectivity index (χ3n) is 2.78. The smallest absolute Gasteiger partial charge is 0.263 e. The van der Waals surface area contributed by atoms with Gasteiger partial charge in [0.1, 0.15) is 16.4 Å². The predicted octanol–water partition coefficient (Wildman–Crippen LogP) is 3.27. The molecule has 0 bridgehead atoms. The fourth-order valence-corrected chi connectivity index (χ4v) is 3.82. The highest BCUT2D eigenvalue weighted by atomic mass is 79.9. The molecule has 5 nitrogen and oxygen atoms in total. The van der Waals surface area contributed by atoms with Gasteiger partial charge in [0.25, 0.3) is 10.0 Å². The third-order valence-corrected chi connectivity index (χ3v) is 5.16. The van der Waals surface area contributed by atoms with Crippen molar-refractivity contribution in [3.8, 4) is 11.5 Å². The van der Waals surface area contributed by atoms with Crippen LogP contribution in [0.2, 0.25) is 0 Å². The van der Waals surface area contributed by atoms with Gasteiger partial charge in [-0.3, -0.25) is 4.72 Å². The van der Waals surface area contributed by atoms with E-state index in [2.05, 4.69) is 20.7 Å². The summed E-state index contributed by atoms with van der Waals surface area (Å²) in [6.07, 6.45) is 0. The number of hydrogen-bond acceptors (Lipinski definition) is 4. The van der Waals surface area contributed by atoms with Crippen LogP contribution in [0.5, 0.6) is 11.5 Å². The Balaban J connectivity index is 2.40. The van der Waals surface area contributed by atoms with Gasteiger partial charge < -0.3 is 9.47 Å². The summed E-state index contributed by atoms with van der Waals surface area (Å²) in [6, 6.07) is 11.4. The number of sulfonamides is 1. The number of ether oxygens (including phenoxy) is 2. The lowest BCUT2D eigenvalue weighted by Crippen LogP contribution is -2.14. The van der Waals surface area contributed by atoms with E-state index in [-0.39, 0.29) is 4.90 Å². The SMILES string of the molecule is COc1ccc(NS(=O)(=O)c2ccccc2Br)c(OC)c1. The minimum atomic E-state index is -3.71. The maximum absolute atomic E-state index is 12.4. The number of hydrogen-bond donors (Lipinski definition) is 1. The van der Waals surface area contributed by atoms with Crippen molar-refractivity contribution in [2.24, 2.45) is 0 Å².